The van der Waals surface area contributed by atoms with Crippen molar-refractivity contribution in [2.24, 2.45) is 5.92 Å². The van der Waals surface area contributed by atoms with Crippen LogP contribution in [0.25, 0.3) is 0 Å². The fourth-order valence-corrected chi connectivity index (χ4v) is 3.28. The number of fused-ring (bicyclic) bond motifs is 2. The Hall–Kier alpha value is -1.06. The molecule has 3 atom stereocenters. The molecule has 3 nitrogen and oxygen atoms in total. The van der Waals surface area contributed by atoms with E-state index in [9.17, 15) is 0 Å². The maximum atomic E-state index is 5.27. The van der Waals surface area contributed by atoms with E-state index in [4.69, 9.17) is 4.74 Å². The van der Waals surface area contributed by atoms with Crippen LogP contribution in [-0.4, -0.2) is 37.7 Å². The average Bonchev–Trinajstić information content (AvgIpc) is 2.78. The van der Waals surface area contributed by atoms with E-state index in [1.807, 2.05) is 0 Å². The summed E-state index contributed by atoms with van der Waals surface area (Å²) in [5.74, 6) is 0.828. The van der Waals surface area contributed by atoms with Gasteiger partial charge in [-0.1, -0.05) is 18.2 Å². The number of nitrogens with one attached hydrogen (secondary N) is 1. The van der Waals surface area contributed by atoms with Gasteiger partial charge in [0.05, 0.1) is 6.61 Å². The molecule has 2 bridgehead atoms. The van der Waals surface area contributed by atoms with E-state index in [-0.39, 0.29) is 0 Å². The average molecular weight is 246 g/mol. The van der Waals surface area contributed by atoms with Gasteiger partial charge in [-0.3, -0.25) is 0 Å². The third-order valence-corrected chi connectivity index (χ3v) is 4.29. The number of benzene rings is 1. The molecule has 0 radical (unpaired) electrons. The van der Waals surface area contributed by atoms with Gasteiger partial charge in [0.25, 0.3) is 0 Å². The van der Waals surface area contributed by atoms with E-state index in [0.717, 1.165) is 5.92 Å². The molecule has 0 saturated carbocycles. The number of anilines is 1. The highest BCUT2D eigenvalue weighted by atomic mass is 16.5. The molecular weight excluding hydrogens is 224 g/mol. The second-order valence-corrected chi connectivity index (χ2v) is 5.48. The molecule has 3 heteroatoms. The Labute approximate surface area is 109 Å². The molecule has 0 aromatic heterocycles. The highest BCUT2D eigenvalue weighted by molar-refractivity contribution is 5.51. The quantitative estimate of drug-likeness (QED) is 0.882. The molecule has 2 aliphatic heterocycles. The summed E-state index contributed by atoms with van der Waals surface area (Å²) >= 11 is 0. The van der Waals surface area contributed by atoms with Crippen molar-refractivity contribution in [2.75, 3.05) is 32.1 Å². The number of ether oxygens (including phenoxy) is 1. The van der Waals surface area contributed by atoms with Gasteiger partial charge in [0.2, 0.25) is 0 Å². The molecule has 2 saturated heterocycles. The summed E-state index contributed by atoms with van der Waals surface area (Å²) in [4.78, 5) is 2.59. The first kappa shape index (κ1) is 12.0. The van der Waals surface area contributed by atoms with E-state index in [0.29, 0.717) is 12.6 Å². The second kappa shape index (κ2) is 5.29. The fourth-order valence-electron chi connectivity index (χ4n) is 3.28. The van der Waals surface area contributed by atoms with Crippen LogP contribution in [0.15, 0.2) is 24.3 Å². The number of hydrogen-bond acceptors (Lipinski definition) is 3. The van der Waals surface area contributed by atoms with Crippen LogP contribution in [0.5, 0.6) is 0 Å². The van der Waals surface area contributed by atoms with Gasteiger partial charge in [-0.25, -0.2) is 0 Å². The van der Waals surface area contributed by atoms with Gasteiger partial charge in [-0.15, -0.1) is 0 Å². The van der Waals surface area contributed by atoms with Gasteiger partial charge < -0.3 is 15.0 Å². The van der Waals surface area contributed by atoms with Crippen LogP contribution in [0.3, 0.4) is 0 Å². The van der Waals surface area contributed by atoms with Gasteiger partial charge >= 0.3 is 0 Å². The smallest absolute Gasteiger partial charge is 0.0733 e. The molecule has 18 heavy (non-hydrogen) atoms. The molecule has 1 aromatic rings. The first-order valence-electron chi connectivity index (χ1n) is 6.92. The minimum absolute atomic E-state index is 0.641. The van der Waals surface area contributed by atoms with Crippen molar-refractivity contribution in [1.29, 1.82) is 0 Å². The van der Waals surface area contributed by atoms with Crippen LogP contribution < -0.4 is 5.32 Å². The molecule has 0 amide bonds. The molecule has 2 fully saturated rings. The summed E-state index contributed by atoms with van der Waals surface area (Å²) in [6.45, 7) is 4.51. The number of methoxy groups -OCH3 is 1. The number of nitrogens with zero attached hydrogens (tertiary/aromatic N) is 1. The number of hydrogen-bond donors (Lipinski definition) is 1. The summed E-state index contributed by atoms with van der Waals surface area (Å²) in [5, 5.41) is 3.76. The van der Waals surface area contributed by atoms with Crippen molar-refractivity contribution >= 4 is 5.69 Å². The van der Waals surface area contributed by atoms with Crippen molar-refractivity contribution in [3.63, 3.8) is 0 Å². The van der Waals surface area contributed by atoms with Crippen LogP contribution in [0, 0.1) is 5.92 Å². The SMILES string of the molecule is COCc1ccccc1NC1CCN2CCC1C2. The number of para-hydroxylation sites is 1. The molecule has 0 spiro atoms. The van der Waals surface area contributed by atoms with Crippen LogP contribution in [-0.2, 0) is 11.3 Å². The Morgan fingerprint density at radius 3 is 3.00 bits per heavy atom. The third-order valence-electron chi connectivity index (χ3n) is 4.29. The monoisotopic (exact) mass is 246 g/mol. The summed E-state index contributed by atoms with van der Waals surface area (Å²) in [6, 6.07) is 9.15. The van der Waals surface area contributed by atoms with E-state index in [2.05, 4.69) is 34.5 Å². The van der Waals surface area contributed by atoms with Crippen LogP contribution in [0.4, 0.5) is 5.69 Å². The van der Waals surface area contributed by atoms with Crippen molar-refractivity contribution < 1.29 is 4.74 Å². The highest BCUT2D eigenvalue weighted by Gasteiger charge is 2.34. The summed E-state index contributed by atoms with van der Waals surface area (Å²) in [7, 11) is 1.76. The predicted molar refractivity (Wildman–Crippen MR) is 73.7 cm³/mol. The van der Waals surface area contributed by atoms with Crippen molar-refractivity contribution in [1.82, 2.24) is 4.90 Å². The van der Waals surface area contributed by atoms with Crippen molar-refractivity contribution in [2.45, 2.75) is 25.5 Å². The Morgan fingerprint density at radius 1 is 1.28 bits per heavy atom. The Kier molecular flexibility index (Phi) is 3.52. The van der Waals surface area contributed by atoms with Gasteiger partial charge in [0, 0.05) is 37.5 Å². The standard InChI is InChI=1S/C15H22N2O/c1-18-11-13-4-2-3-5-14(13)16-15-7-9-17-8-6-12(15)10-17/h2-5,12,15-16H,6-11H2,1H3. The maximum Gasteiger partial charge on any atom is 0.0733 e. The van der Waals surface area contributed by atoms with Gasteiger partial charge in [-0.05, 0) is 31.4 Å². The highest BCUT2D eigenvalue weighted by Crippen LogP contribution is 2.30. The fraction of sp³-hybridized carbons (Fsp3) is 0.600. The molecule has 1 N–H and O–H groups in total. The van der Waals surface area contributed by atoms with E-state index >= 15 is 0 Å². The Balaban J connectivity index is 1.72. The molecule has 1 aromatic carbocycles. The lowest BCUT2D eigenvalue weighted by Crippen LogP contribution is -2.39. The Bertz CT molecular complexity index is 407. The van der Waals surface area contributed by atoms with E-state index in [1.165, 1.54) is 43.7 Å². The van der Waals surface area contributed by atoms with Gasteiger partial charge in [0.1, 0.15) is 0 Å². The normalized spacial score (nSPS) is 30.4. The molecule has 0 aliphatic carbocycles. The van der Waals surface area contributed by atoms with Crippen LogP contribution >= 0.6 is 0 Å². The summed E-state index contributed by atoms with van der Waals surface area (Å²) in [5.41, 5.74) is 2.52. The zero-order valence-electron chi connectivity index (χ0n) is 11.1. The second-order valence-electron chi connectivity index (χ2n) is 5.48. The van der Waals surface area contributed by atoms with Crippen molar-refractivity contribution in [3.05, 3.63) is 29.8 Å². The maximum absolute atomic E-state index is 5.27. The van der Waals surface area contributed by atoms with E-state index in [1.54, 1.807) is 7.11 Å². The van der Waals surface area contributed by atoms with Gasteiger partial charge in [-0.2, -0.15) is 0 Å². The molecule has 98 valence electrons. The zero-order chi connectivity index (χ0) is 12.4. The molecule has 3 rings (SSSR count). The zero-order valence-corrected chi connectivity index (χ0v) is 11.1. The first-order chi connectivity index (χ1) is 8.86. The van der Waals surface area contributed by atoms with Gasteiger partial charge in [0.15, 0.2) is 0 Å². The molecule has 2 aliphatic rings. The molecule has 2 heterocycles. The van der Waals surface area contributed by atoms with E-state index < -0.39 is 0 Å². The summed E-state index contributed by atoms with van der Waals surface area (Å²) in [6.07, 6.45) is 2.62. The third kappa shape index (κ3) is 2.38. The lowest BCUT2D eigenvalue weighted by atomic mass is 9.93. The number of piperidine rings is 1. The summed E-state index contributed by atoms with van der Waals surface area (Å²) < 4.78 is 5.27. The minimum Gasteiger partial charge on any atom is -0.382 e. The first-order valence-corrected chi connectivity index (χ1v) is 6.92. The topological polar surface area (TPSA) is 24.5 Å². The van der Waals surface area contributed by atoms with Crippen LogP contribution in [0.2, 0.25) is 0 Å². The van der Waals surface area contributed by atoms with Crippen LogP contribution in [0.1, 0.15) is 18.4 Å². The predicted octanol–water partition coefficient (Wildman–Crippen LogP) is 2.34. The number of rotatable bonds is 4. The molecule has 3 unspecified atom stereocenters. The Morgan fingerprint density at radius 2 is 2.11 bits per heavy atom. The van der Waals surface area contributed by atoms with Crippen molar-refractivity contribution in [3.8, 4) is 0 Å². The minimum atomic E-state index is 0.641. The largest absolute Gasteiger partial charge is 0.382 e. The lowest BCUT2D eigenvalue weighted by Gasteiger charge is -2.32. The molecular formula is C15H22N2O. The lowest BCUT2D eigenvalue weighted by molar-refractivity contribution is 0.185.